The molecule has 2 aromatic carbocycles. The maximum absolute atomic E-state index is 13.8. The maximum atomic E-state index is 13.8. The highest BCUT2D eigenvalue weighted by Crippen LogP contribution is 2.31. The number of nitrogens with one attached hydrogen (secondary N) is 1. The lowest BCUT2D eigenvalue weighted by Gasteiger charge is -2.27. The molecule has 0 radical (unpaired) electrons. The van der Waals surface area contributed by atoms with Gasteiger partial charge >= 0.3 is 0 Å². The van der Waals surface area contributed by atoms with E-state index in [0.29, 0.717) is 25.4 Å². The van der Waals surface area contributed by atoms with Gasteiger partial charge in [0.05, 0.1) is 6.61 Å². The van der Waals surface area contributed by atoms with Crippen molar-refractivity contribution in [2.24, 2.45) is 0 Å². The quantitative estimate of drug-likeness (QED) is 0.745. The fourth-order valence-electron chi connectivity index (χ4n) is 3.22. The Bertz CT molecular complexity index is 929. The standard InChI is InChI=1S/C20H24F2N2O3S/c1-2-27-18-10-9-16(23-14-15-7-6-8-17(21)20(15)22)13-19(18)28(25,26)24-11-4-3-5-12-24/h6-10,13,23H,2-5,11-12,14H2,1H3. The minimum atomic E-state index is -3.70. The van der Waals surface area contributed by atoms with Crippen molar-refractivity contribution >= 4 is 15.7 Å². The van der Waals surface area contributed by atoms with Crippen molar-refractivity contribution in [1.82, 2.24) is 4.31 Å². The van der Waals surface area contributed by atoms with Gasteiger partial charge in [-0.05, 0) is 44.0 Å². The van der Waals surface area contributed by atoms with E-state index in [1.807, 2.05) is 0 Å². The molecule has 28 heavy (non-hydrogen) atoms. The Kier molecular flexibility index (Phi) is 6.51. The van der Waals surface area contributed by atoms with Crippen molar-refractivity contribution in [2.45, 2.75) is 37.6 Å². The molecular formula is C20H24F2N2O3S. The number of halogens is 2. The van der Waals surface area contributed by atoms with Crippen molar-refractivity contribution in [2.75, 3.05) is 25.0 Å². The number of hydrogen-bond donors (Lipinski definition) is 1. The molecule has 0 atom stereocenters. The third-order valence-electron chi connectivity index (χ3n) is 4.69. The summed E-state index contributed by atoms with van der Waals surface area (Å²) in [5, 5.41) is 2.97. The van der Waals surface area contributed by atoms with Crippen LogP contribution in [-0.4, -0.2) is 32.4 Å². The van der Waals surface area contributed by atoms with Crippen LogP contribution in [0.4, 0.5) is 14.5 Å². The zero-order chi connectivity index (χ0) is 20.1. The van der Waals surface area contributed by atoms with E-state index in [9.17, 15) is 17.2 Å². The Morgan fingerprint density at radius 2 is 1.86 bits per heavy atom. The average molecular weight is 410 g/mol. The zero-order valence-electron chi connectivity index (χ0n) is 15.7. The predicted molar refractivity (Wildman–Crippen MR) is 104 cm³/mol. The summed E-state index contributed by atoms with van der Waals surface area (Å²) in [6.45, 7) is 3.13. The predicted octanol–water partition coefficient (Wildman–Crippen LogP) is 4.15. The number of benzene rings is 2. The number of rotatable bonds is 7. The van der Waals surface area contributed by atoms with Crippen LogP contribution in [0.25, 0.3) is 0 Å². The van der Waals surface area contributed by atoms with Gasteiger partial charge in [-0.2, -0.15) is 4.31 Å². The van der Waals surface area contributed by atoms with Crippen LogP contribution in [0.3, 0.4) is 0 Å². The second-order valence-corrected chi connectivity index (χ2v) is 8.53. The molecule has 1 aliphatic rings. The van der Waals surface area contributed by atoms with Crippen LogP contribution in [0.5, 0.6) is 5.75 Å². The number of ether oxygens (including phenoxy) is 1. The van der Waals surface area contributed by atoms with E-state index in [2.05, 4.69) is 5.32 Å². The highest BCUT2D eigenvalue weighted by atomic mass is 32.2. The van der Waals surface area contributed by atoms with Gasteiger partial charge < -0.3 is 10.1 Å². The number of sulfonamides is 1. The molecular weight excluding hydrogens is 386 g/mol. The van der Waals surface area contributed by atoms with Crippen molar-refractivity contribution in [3.05, 3.63) is 53.6 Å². The first kappa shape index (κ1) is 20.5. The lowest BCUT2D eigenvalue weighted by atomic mass is 10.2. The molecule has 8 heteroatoms. The molecule has 1 saturated heterocycles. The molecule has 0 saturated carbocycles. The molecule has 0 spiro atoms. The van der Waals surface area contributed by atoms with Gasteiger partial charge in [-0.3, -0.25) is 0 Å². The lowest BCUT2D eigenvalue weighted by Crippen LogP contribution is -2.35. The maximum Gasteiger partial charge on any atom is 0.246 e. The van der Waals surface area contributed by atoms with Gasteiger partial charge in [0.1, 0.15) is 10.6 Å². The molecule has 0 amide bonds. The number of nitrogens with zero attached hydrogens (tertiary/aromatic N) is 1. The molecule has 0 bridgehead atoms. The molecule has 2 aromatic rings. The molecule has 1 fully saturated rings. The van der Waals surface area contributed by atoms with Crippen LogP contribution in [0.15, 0.2) is 41.3 Å². The van der Waals surface area contributed by atoms with Crippen molar-refractivity contribution in [3.8, 4) is 5.75 Å². The topological polar surface area (TPSA) is 58.6 Å². The fourth-order valence-corrected chi connectivity index (χ4v) is 4.90. The summed E-state index contributed by atoms with van der Waals surface area (Å²) in [7, 11) is -3.70. The van der Waals surface area contributed by atoms with Crippen molar-refractivity contribution in [1.29, 1.82) is 0 Å². The molecule has 3 rings (SSSR count). The fraction of sp³-hybridized carbons (Fsp3) is 0.400. The summed E-state index contributed by atoms with van der Waals surface area (Å²) < 4.78 is 60.4. The number of piperidine rings is 1. The van der Waals surface area contributed by atoms with E-state index in [-0.39, 0.29) is 22.8 Å². The molecule has 5 nitrogen and oxygen atoms in total. The van der Waals surface area contributed by atoms with E-state index in [4.69, 9.17) is 4.74 Å². The van der Waals surface area contributed by atoms with E-state index < -0.39 is 21.7 Å². The first-order chi connectivity index (χ1) is 13.4. The third kappa shape index (κ3) is 4.44. The van der Waals surface area contributed by atoms with E-state index in [1.54, 1.807) is 19.1 Å². The number of anilines is 1. The minimum Gasteiger partial charge on any atom is -0.492 e. The van der Waals surface area contributed by atoms with Gasteiger partial charge in [-0.15, -0.1) is 0 Å². The second kappa shape index (κ2) is 8.87. The van der Waals surface area contributed by atoms with Gasteiger partial charge in [-0.1, -0.05) is 18.6 Å². The smallest absolute Gasteiger partial charge is 0.246 e. The highest BCUT2D eigenvalue weighted by molar-refractivity contribution is 7.89. The van der Waals surface area contributed by atoms with Gasteiger partial charge in [0, 0.05) is 30.9 Å². The van der Waals surface area contributed by atoms with E-state index in [1.165, 1.54) is 22.5 Å². The van der Waals surface area contributed by atoms with Crippen LogP contribution in [0.2, 0.25) is 0 Å². The Labute approximate surface area is 164 Å². The number of hydrogen-bond acceptors (Lipinski definition) is 4. The Morgan fingerprint density at radius 1 is 1.11 bits per heavy atom. The Hall–Kier alpha value is -2.19. The molecule has 0 unspecified atom stereocenters. The normalized spacial score (nSPS) is 15.4. The van der Waals surface area contributed by atoms with Crippen molar-refractivity contribution < 1.29 is 21.9 Å². The molecule has 1 N–H and O–H groups in total. The summed E-state index contributed by atoms with van der Waals surface area (Å²) in [5.74, 6) is -1.54. The Morgan fingerprint density at radius 3 is 2.57 bits per heavy atom. The zero-order valence-corrected chi connectivity index (χ0v) is 16.6. The van der Waals surface area contributed by atoms with Crippen LogP contribution in [0.1, 0.15) is 31.7 Å². The van der Waals surface area contributed by atoms with E-state index in [0.717, 1.165) is 25.3 Å². The molecule has 1 aliphatic heterocycles. The lowest BCUT2D eigenvalue weighted by molar-refractivity contribution is 0.323. The summed E-state index contributed by atoms with van der Waals surface area (Å²) in [4.78, 5) is 0.0842. The van der Waals surface area contributed by atoms with Gasteiger partial charge in [0.2, 0.25) is 10.0 Å². The van der Waals surface area contributed by atoms with Crippen LogP contribution in [0, 0.1) is 11.6 Å². The van der Waals surface area contributed by atoms with Crippen LogP contribution >= 0.6 is 0 Å². The van der Waals surface area contributed by atoms with Crippen molar-refractivity contribution in [3.63, 3.8) is 0 Å². The SMILES string of the molecule is CCOc1ccc(NCc2cccc(F)c2F)cc1S(=O)(=O)N1CCCCC1. The monoisotopic (exact) mass is 410 g/mol. The molecule has 0 aliphatic carbocycles. The first-order valence-electron chi connectivity index (χ1n) is 9.37. The largest absolute Gasteiger partial charge is 0.492 e. The van der Waals surface area contributed by atoms with Crippen LogP contribution < -0.4 is 10.1 Å². The van der Waals surface area contributed by atoms with Gasteiger partial charge in [0.25, 0.3) is 0 Å². The second-order valence-electron chi connectivity index (χ2n) is 6.63. The molecule has 152 valence electrons. The highest BCUT2D eigenvalue weighted by Gasteiger charge is 2.29. The van der Waals surface area contributed by atoms with Gasteiger partial charge in [0.15, 0.2) is 11.6 Å². The van der Waals surface area contributed by atoms with Crippen LogP contribution in [-0.2, 0) is 16.6 Å². The third-order valence-corrected chi connectivity index (χ3v) is 6.61. The summed E-state index contributed by atoms with van der Waals surface area (Å²) in [6, 6.07) is 8.71. The van der Waals surface area contributed by atoms with Gasteiger partial charge in [-0.25, -0.2) is 17.2 Å². The first-order valence-corrected chi connectivity index (χ1v) is 10.8. The van der Waals surface area contributed by atoms with E-state index >= 15 is 0 Å². The summed E-state index contributed by atoms with van der Waals surface area (Å²) in [6.07, 6.45) is 2.69. The Balaban J connectivity index is 1.87. The summed E-state index contributed by atoms with van der Waals surface area (Å²) >= 11 is 0. The molecule has 1 heterocycles. The average Bonchev–Trinajstić information content (AvgIpc) is 2.70. The summed E-state index contributed by atoms with van der Waals surface area (Å²) in [5.41, 5.74) is 0.650. The minimum absolute atomic E-state index is 0.0285. The molecule has 0 aromatic heterocycles.